The van der Waals surface area contributed by atoms with Crippen LogP contribution in [0.1, 0.15) is 59.7 Å². The van der Waals surface area contributed by atoms with Crippen molar-refractivity contribution in [3.8, 4) is 22.4 Å². The number of benzene rings is 3. The van der Waals surface area contributed by atoms with E-state index in [-0.39, 0.29) is 5.97 Å². The molecule has 4 fully saturated rings. The van der Waals surface area contributed by atoms with E-state index in [0.29, 0.717) is 46.2 Å². The monoisotopic (exact) mass is 644 g/mol. The van der Waals surface area contributed by atoms with E-state index in [9.17, 15) is 4.79 Å². The van der Waals surface area contributed by atoms with Gasteiger partial charge in [0.15, 0.2) is 5.13 Å². The number of halogens is 2. The minimum absolute atomic E-state index is 0.340. The molecule has 2 atom stereocenters. The molecule has 44 heavy (non-hydrogen) atoms. The molecular formula is C34H30Cl2N4O3S. The van der Waals surface area contributed by atoms with E-state index in [1.807, 2.05) is 60.7 Å². The van der Waals surface area contributed by atoms with Crippen molar-refractivity contribution in [2.75, 3.05) is 12.0 Å². The van der Waals surface area contributed by atoms with Crippen LogP contribution < -0.4 is 10.2 Å². The molecule has 9 rings (SSSR count). The average molecular weight is 646 g/mol. The number of methoxy groups -OCH3 is 1. The van der Waals surface area contributed by atoms with E-state index in [0.717, 1.165) is 81.2 Å². The molecule has 7 nitrogen and oxygen atoms in total. The Balaban J connectivity index is 1.01. The van der Waals surface area contributed by atoms with Crippen LogP contribution in [0.4, 0.5) is 5.13 Å². The third-order valence-electron chi connectivity index (χ3n) is 9.21. The van der Waals surface area contributed by atoms with Gasteiger partial charge >= 0.3 is 5.97 Å². The second-order valence-electron chi connectivity index (χ2n) is 12.0. The van der Waals surface area contributed by atoms with Gasteiger partial charge in [0.25, 0.3) is 0 Å². The number of esters is 1. The van der Waals surface area contributed by atoms with Gasteiger partial charge in [-0.1, -0.05) is 76.1 Å². The molecule has 3 aromatic carbocycles. The molecule has 4 aliphatic rings. The van der Waals surface area contributed by atoms with Gasteiger partial charge in [-0.15, -0.1) is 0 Å². The number of hydrogen-bond donors (Lipinski definition) is 1. The van der Waals surface area contributed by atoms with Crippen molar-refractivity contribution < 1.29 is 14.1 Å². The number of piperidine rings is 1. The van der Waals surface area contributed by atoms with Crippen LogP contribution in [0.3, 0.4) is 0 Å². The van der Waals surface area contributed by atoms with Gasteiger partial charge in [0.05, 0.1) is 32.9 Å². The normalized spacial score (nSPS) is 21.0. The molecule has 0 amide bonds. The van der Waals surface area contributed by atoms with E-state index in [2.05, 4.69) is 15.4 Å². The number of anilines is 1. The first-order valence-corrected chi connectivity index (χ1v) is 16.6. The molecule has 2 aliphatic carbocycles. The van der Waals surface area contributed by atoms with Gasteiger partial charge in [-0.05, 0) is 67.5 Å². The van der Waals surface area contributed by atoms with Crippen LogP contribution in [0.5, 0.6) is 0 Å². The van der Waals surface area contributed by atoms with E-state index in [4.69, 9.17) is 37.4 Å². The minimum Gasteiger partial charge on any atom is -0.465 e. The van der Waals surface area contributed by atoms with Gasteiger partial charge in [0.1, 0.15) is 11.5 Å². The number of thiazole rings is 1. The summed E-state index contributed by atoms with van der Waals surface area (Å²) in [4.78, 5) is 20.3. The summed E-state index contributed by atoms with van der Waals surface area (Å²) in [5.41, 5.74) is 5.83. The number of ether oxygens (including phenoxy) is 1. The lowest BCUT2D eigenvalue weighted by atomic mass is 9.77. The van der Waals surface area contributed by atoms with Gasteiger partial charge in [0.2, 0.25) is 0 Å². The second-order valence-corrected chi connectivity index (χ2v) is 13.8. The second kappa shape index (κ2) is 11.2. The van der Waals surface area contributed by atoms with E-state index in [1.165, 1.54) is 7.11 Å². The fourth-order valence-electron chi connectivity index (χ4n) is 6.89. The summed E-state index contributed by atoms with van der Waals surface area (Å²) in [7, 11) is 1.42. The van der Waals surface area contributed by atoms with Gasteiger partial charge in [0, 0.05) is 41.7 Å². The first-order valence-electron chi connectivity index (χ1n) is 15.0. The van der Waals surface area contributed by atoms with E-state index in [1.54, 1.807) is 11.3 Å². The molecule has 4 heterocycles. The highest BCUT2D eigenvalue weighted by atomic mass is 35.5. The summed E-state index contributed by atoms with van der Waals surface area (Å²) < 4.78 is 12.0. The van der Waals surface area contributed by atoms with Gasteiger partial charge in [-0.3, -0.25) is 0 Å². The summed E-state index contributed by atoms with van der Waals surface area (Å²) in [5.74, 6) is 1.04. The number of carbonyl (C=O) groups is 1. The summed E-state index contributed by atoms with van der Waals surface area (Å²) in [6.45, 7) is 0.663. The quantitative estimate of drug-likeness (QED) is 0.170. The van der Waals surface area contributed by atoms with Crippen LogP contribution in [0.15, 0.2) is 65.2 Å². The summed E-state index contributed by atoms with van der Waals surface area (Å²) in [6, 6.07) is 20.6. The van der Waals surface area contributed by atoms with Crippen LogP contribution in [0.25, 0.3) is 32.6 Å². The van der Waals surface area contributed by atoms with Gasteiger partial charge in [-0.25, -0.2) is 9.78 Å². The Hall–Kier alpha value is -3.43. The maximum Gasteiger partial charge on any atom is 0.338 e. The average Bonchev–Trinajstić information content (AvgIpc) is 3.67. The molecule has 224 valence electrons. The number of nitrogens with zero attached hydrogens (tertiary/aromatic N) is 3. The van der Waals surface area contributed by atoms with Crippen molar-refractivity contribution in [2.24, 2.45) is 0 Å². The third-order valence-corrected chi connectivity index (χ3v) is 10.9. The molecule has 1 N–H and O–H groups in total. The maximum atomic E-state index is 12.7. The minimum atomic E-state index is -0.340. The van der Waals surface area contributed by atoms with Crippen molar-refractivity contribution in [1.82, 2.24) is 15.5 Å². The number of fused-ring (bicyclic) bond motifs is 3. The summed E-state index contributed by atoms with van der Waals surface area (Å²) in [6.07, 6.45) is 5.47. The standard InChI is InChI=1S/C34H30Cl2N4O3S/c1-42-33(41)24-16-29-28(15-23(24)18-6-3-2-4-7-18)38-34(44-29)40-21-12-20(13-22(40)14-21)37-17-25-31(39-43-32(25)19-10-11-19)30-26(35)8-5-9-27(30)36/h2-9,15-16,19-22,37H,10-14,17H2,1H3. The fraction of sp³-hybridized carbons (Fsp3) is 0.324. The zero-order valence-electron chi connectivity index (χ0n) is 24.1. The molecule has 0 radical (unpaired) electrons. The number of carbonyl (C=O) groups excluding carboxylic acids is 1. The third kappa shape index (κ3) is 4.88. The lowest BCUT2D eigenvalue weighted by Crippen LogP contribution is -2.64. The first-order chi connectivity index (χ1) is 21.5. The Bertz CT molecular complexity index is 1850. The van der Waals surface area contributed by atoms with Crippen LogP contribution in [0.2, 0.25) is 10.0 Å². The molecule has 2 unspecified atom stereocenters. The Morgan fingerprint density at radius 2 is 1.80 bits per heavy atom. The first kappa shape index (κ1) is 28.1. The van der Waals surface area contributed by atoms with Crippen LogP contribution >= 0.6 is 34.5 Å². The van der Waals surface area contributed by atoms with Crippen LogP contribution in [-0.4, -0.2) is 41.3 Å². The predicted molar refractivity (Wildman–Crippen MR) is 175 cm³/mol. The molecule has 0 spiro atoms. The molecule has 2 bridgehead atoms. The number of hydrogen-bond acceptors (Lipinski definition) is 8. The lowest BCUT2D eigenvalue weighted by Gasteiger charge is -2.55. The molecule has 5 aromatic rings. The Morgan fingerprint density at radius 3 is 2.50 bits per heavy atom. The van der Waals surface area contributed by atoms with Crippen molar-refractivity contribution in [2.45, 2.75) is 62.7 Å². The lowest BCUT2D eigenvalue weighted by molar-refractivity contribution is 0.0602. The summed E-state index contributed by atoms with van der Waals surface area (Å²) in [5, 5.41) is 10.5. The number of rotatable bonds is 8. The highest BCUT2D eigenvalue weighted by molar-refractivity contribution is 7.22. The highest BCUT2D eigenvalue weighted by Gasteiger charge is 2.46. The Kier molecular flexibility index (Phi) is 7.13. The summed E-state index contributed by atoms with van der Waals surface area (Å²) >= 11 is 14.8. The van der Waals surface area contributed by atoms with E-state index >= 15 is 0 Å². The van der Waals surface area contributed by atoms with Crippen molar-refractivity contribution >= 4 is 55.9 Å². The largest absolute Gasteiger partial charge is 0.465 e. The zero-order valence-corrected chi connectivity index (χ0v) is 26.4. The molecular weight excluding hydrogens is 615 g/mol. The van der Waals surface area contributed by atoms with Crippen LogP contribution in [0, 0.1) is 0 Å². The number of aromatic nitrogens is 2. The van der Waals surface area contributed by atoms with Gasteiger partial charge < -0.3 is 19.5 Å². The Morgan fingerprint density at radius 1 is 1.05 bits per heavy atom. The molecule has 10 heteroatoms. The fourth-order valence-corrected chi connectivity index (χ4v) is 8.59. The topological polar surface area (TPSA) is 80.5 Å². The predicted octanol–water partition coefficient (Wildman–Crippen LogP) is 8.49. The van der Waals surface area contributed by atoms with Crippen molar-refractivity contribution in [1.29, 1.82) is 0 Å². The van der Waals surface area contributed by atoms with Crippen molar-refractivity contribution in [3.63, 3.8) is 0 Å². The molecule has 2 aromatic heterocycles. The molecule has 2 saturated heterocycles. The Labute approximate surface area is 269 Å². The van der Waals surface area contributed by atoms with E-state index < -0.39 is 0 Å². The molecule has 2 aliphatic heterocycles. The SMILES string of the molecule is COC(=O)c1cc2sc(N3C4CC(NCc5c(-c6c(Cl)cccc6Cl)noc5C5CC5)CC3C4)nc2cc1-c1ccccc1. The highest BCUT2D eigenvalue weighted by Crippen LogP contribution is 2.47. The van der Waals surface area contributed by atoms with Gasteiger partial charge in [-0.2, -0.15) is 0 Å². The van der Waals surface area contributed by atoms with Crippen molar-refractivity contribution in [3.05, 3.63) is 87.6 Å². The van der Waals surface area contributed by atoms with Crippen LogP contribution in [-0.2, 0) is 11.3 Å². The number of nitrogens with one attached hydrogen (secondary N) is 1. The zero-order chi connectivity index (χ0) is 29.9. The molecule has 2 saturated carbocycles. The smallest absolute Gasteiger partial charge is 0.338 e. The maximum absolute atomic E-state index is 12.7.